The second-order valence-corrected chi connectivity index (χ2v) is 9.69. The molecule has 0 aliphatic heterocycles. The van der Waals surface area contributed by atoms with E-state index in [2.05, 4.69) is 15.1 Å². The van der Waals surface area contributed by atoms with Gasteiger partial charge < -0.3 is 25.7 Å². The van der Waals surface area contributed by atoms with Crippen LogP contribution in [0.25, 0.3) is 10.1 Å². The lowest BCUT2D eigenvalue weighted by molar-refractivity contribution is -0.769. The molecule has 1 saturated carbocycles. The number of fused-ring (bicyclic) bond motifs is 1. The summed E-state index contributed by atoms with van der Waals surface area (Å²) in [6, 6.07) is 11.3. The number of esters is 1. The molecule has 1 unspecified atom stereocenters. The molecule has 35 heavy (non-hydrogen) atoms. The first-order chi connectivity index (χ1) is 16.9. The normalized spacial score (nSPS) is 19.6. The molecule has 186 valence electrons. The summed E-state index contributed by atoms with van der Waals surface area (Å²) in [5.41, 5.74) is 7.66. The van der Waals surface area contributed by atoms with E-state index in [9.17, 15) is 20.0 Å². The first kappa shape index (κ1) is 24.8. The number of carbonyl (C=O) groups is 1. The van der Waals surface area contributed by atoms with Crippen molar-refractivity contribution in [2.24, 2.45) is 11.7 Å². The standard InChI is InChI=1S/C24H28N4O6S/c25-12-20(23(29)27-22-11-18-9-10-26-13-21(18)35-22)16-3-1-15(2-4-16)14-33-24(30)17-5-7-19(8-6-17)34-28(31)32/h1-4,9-11,13,17,19-20,23,27,29H,5-8,12,14,25H2/t17?,19?,20?,23-/m0/s1. The van der Waals surface area contributed by atoms with Crippen molar-refractivity contribution in [3.05, 3.63) is 70.0 Å². The predicted octanol–water partition coefficient (Wildman–Crippen LogP) is 3.58. The molecule has 0 amide bonds. The average Bonchev–Trinajstić information content (AvgIpc) is 3.26. The fourth-order valence-corrected chi connectivity index (χ4v) is 5.27. The van der Waals surface area contributed by atoms with Crippen LogP contribution in [0.1, 0.15) is 42.7 Å². The van der Waals surface area contributed by atoms with Crippen LogP contribution in [-0.4, -0.2) is 40.0 Å². The third-order valence-electron chi connectivity index (χ3n) is 6.28. The van der Waals surface area contributed by atoms with Crippen LogP contribution < -0.4 is 11.1 Å². The number of aromatic nitrogens is 1. The average molecular weight is 501 g/mol. The molecule has 1 aliphatic carbocycles. The lowest BCUT2D eigenvalue weighted by atomic mass is 9.87. The molecule has 1 aromatic carbocycles. The van der Waals surface area contributed by atoms with Crippen molar-refractivity contribution < 1.29 is 24.6 Å². The van der Waals surface area contributed by atoms with E-state index in [1.165, 1.54) is 11.3 Å². The number of aliphatic hydroxyl groups excluding tert-OH is 1. The zero-order valence-electron chi connectivity index (χ0n) is 19.0. The number of benzene rings is 1. The van der Waals surface area contributed by atoms with Gasteiger partial charge in [-0.25, -0.2) is 0 Å². The molecule has 0 bridgehead atoms. The smallest absolute Gasteiger partial charge is 0.309 e. The van der Waals surface area contributed by atoms with Gasteiger partial charge in [-0.1, -0.05) is 24.3 Å². The summed E-state index contributed by atoms with van der Waals surface area (Å²) in [5, 5.41) is 25.5. The Labute approximate surface area is 206 Å². The van der Waals surface area contributed by atoms with Crippen molar-refractivity contribution in [1.82, 2.24) is 4.98 Å². The Morgan fingerprint density at radius 1 is 1.26 bits per heavy atom. The van der Waals surface area contributed by atoms with E-state index in [1.54, 1.807) is 12.4 Å². The van der Waals surface area contributed by atoms with Crippen LogP contribution >= 0.6 is 11.3 Å². The third-order valence-corrected chi connectivity index (χ3v) is 7.30. The minimum Gasteiger partial charge on any atom is -0.461 e. The highest BCUT2D eigenvalue weighted by Gasteiger charge is 2.29. The van der Waals surface area contributed by atoms with Crippen molar-refractivity contribution in [3.63, 3.8) is 0 Å². The predicted molar refractivity (Wildman–Crippen MR) is 131 cm³/mol. The lowest BCUT2D eigenvalue weighted by Crippen LogP contribution is -2.32. The summed E-state index contributed by atoms with van der Waals surface area (Å²) < 4.78 is 6.49. The topological polar surface area (TPSA) is 150 Å². The molecule has 1 aliphatic rings. The molecule has 2 atom stereocenters. The fourth-order valence-electron chi connectivity index (χ4n) is 4.31. The van der Waals surface area contributed by atoms with E-state index in [1.807, 2.05) is 36.4 Å². The van der Waals surface area contributed by atoms with Crippen molar-refractivity contribution in [2.75, 3.05) is 11.9 Å². The number of hydrogen-bond donors (Lipinski definition) is 3. The summed E-state index contributed by atoms with van der Waals surface area (Å²) in [5.74, 6) is -0.897. The third kappa shape index (κ3) is 6.44. The molecule has 11 heteroatoms. The zero-order valence-corrected chi connectivity index (χ0v) is 19.9. The number of aliphatic hydroxyl groups is 1. The SMILES string of the molecule is NCC(c1ccc(COC(=O)C2CCC(O[N+](=O)[O-])CC2)cc1)[C@H](O)Nc1cc2ccncc2s1. The summed E-state index contributed by atoms with van der Waals surface area (Å²) >= 11 is 1.51. The Balaban J connectivity index is 1.28. The van der Waals surface area contributed by atoms with E-state index in [0.29, 0.717) is 25.7 Å². The van der Waals surface area contributed by atoms with E-state index in [0.717, 1.165) is 26.2 Å². The van der Waals surface area contributed by atoms with Crippen LogP contribution in [0.4, 0.5) is 5.00 Å². The van der Waals surface area contributed by atoms with Gasteiger partial charge in [0.05, 0.1) is 15.6 Å². The molecule has 0 spiro atoms. The maximum Gasteiger partial charge on any atom is 0.309 e. The van der Waals surface area contributed by atoms with Crippen molar-refractivity contribution in [1.29, 1.82) is 0 Å². The second kappa shape index (κ2) is 11.4. The van der Waals surface area contributed by atoms with Crippen molar-refractivity contribution in [3.8, 4) is 0 Å². The van der Waals surface area contributed by atoms with Crippen molar-refractivity contribution >= 4 is 32.4 Å². The maximum atomic E-state index is 12.4. The Hall–Kier alpha value is -3.28. The van der Waals surface area contributed by atoms with Crippen LogP contribution in [0.15, 0.2) is 48.8 Å². The van der Waals surface area contributed by atoms with Gasteiger partial charge in [0.25, 0.3) is 5.09 Å². The number of hydrogen-bond acceptors (Lipinski definition) is 10. The molecule has 0 saturated heterocycles. The minimum absolute atomic E-state index is 0.133. The van der Waals surface area contributed by atoms with Crippen LogP contribution in [0, 0.1) is 16.0 Å². The van der Waals surface area contributed by atoms with Gasteiger partial charge in [-0.2, -0.15) is 0 Å². The van der Waals surface area contributed by atoms with Gasteiger partial charge in [0.15, 0.2) is 0 Å². The monoisotopic (exact) mass is 500 g/mol. The Morgan fingerprint density at radius 2 is 2.00 bits per heavy atom. The van der Waals surface area contributed by atoms with Crippen LogP contribution in [0.3, 0.4) is 0 Å². The van der Waals surface area contributed by atoms with Crippen LogP contribution in [-0.2, 0) is 21.0 Å². The quantitative estimate of drug-likeness (QED) is 0.164. The summed E-state index contributed by atoms with van der Waals surface area (Å²) in [6.45, 7) is 0.381. The van der Waals surface area contributed by atoms with Gasteiger partial charge in [-0.15, -0.1) is 21.5 Å². The molecular formula is C24H28N4O6S. The van der Waals surface area contributed by atoms with Crippen molar-refractivity contribution in [2.45, 2.75) is 50.5 Å². The number of ether oxygens (including phenoxy) is 1. The highest BCUT2D eigenvalue weighted by atomic mass is 32.1. The summed E-state index contributed by atoms with van der Waals surface area (Å²) in [4.78, 5) is 31.5. The lowest BCUT2D eigenvalue weighted by Gasteiger charge is -2.25. The highest BCUT2D eigenvalue weighted by Crippen LogP contribution is 2.31. The molecular weight excluding hydrogens is 472 g/mol. The van der Waals surface area contributed by atoms with Gasteiger partial charge in [0.1, 0.15) is 18.9 Å². The van der Waals surface area contributed by atoms with E-state index < -0.39 is 17.4 Å². The van der Waals surface area contributed by atoms with Gasteiger partial charge >= 0.3 is 5.97 Å². The molecule has 4 N–H and O–H groups in total. The highest BCUT2D eigenvalue weighted by molar-refractivity contribution is 7.22. The molecule has 2 heterocycles. The maximum absolute atomic E-state index is 12.4. The zero-order chi connectivity index (χ0) is 24.8. The fraction of sp³-hybridized carbons (Fsp3) is 0.417. The van der Waals surface area contributed by atoms with Gasteiger partial charge in [-0.05, 0) is 54.3 Å². The Kier molecular flexibility index (Phi) is 8.11. The summed E-state index contributed by atoms with van der Waals surface area (Å²) in [6.07, 6.45) is 4.15. The molecule has 0 radical (unpaired) electrons. The van der Waals surface area contributed by atoms with Gasteiger partial charge in [0.2, 0.25) is 0 Å². The molecule has 4 rings (SSSR count). The number of pyridine rings is 1. The first-order valence-electron chi connectivity index (χ1n) is 11.5. The van der Waals surface area contributed by atoms with E-state index in [-0.39, 0.29) is 31.0 Å². The number of nitrogens with zero attached hydrogens (tertiary/aromatic N) is 2. The van der Waals surface area contributed by atoms with E-state index in [4.69, 9.17) is 10.5 Å². The minimum atomic E-state index is -0.876. The molecule has 3 aromatic rings. The van der Waals surface area contributed by atoms with Crippen LogP contribution in [0.5, 0.6) is 0 Å². The largest absolute Gasteiger partial charge is 0.461 e. The van der Waals surface area contributed by atoms with Gasteiger partial charge in [0, 0.05) is 24.9 Å². The molecule has 10 nitrogen and oxygen atoms in total. The van der Waals surface area contributed by atoms with Crippen LogP contribution in [0.2, 0.25) is 0 Å². The Morgan fingerprint density at radius 3 is 2.66 bits per heavy atom. The molecule has 1 fully saturated rings. The first-order valence-corrected chi connectivity index (χ1v) is 12.3. The number of nitrogens with two attached hydrogens (primary N) is 1. The second-order valence-electron chi connectivity index (χ2n) is 8.61. The Bertz CT molecular complexity index is 1110. The number of thiophene rings is 1. The molecule has 2 aromatic heterocycles. The van der Waals surface area contributed by atoms with Gasteiger partial charge in [-0.3, -0.25) is 9.78 Å². The number of nitrogens with one attached hydrogen (secondary N) is 1. The number of anilines is 1. The van der Waals surface area contributed by atoms with E-state index >= 15 is 0 Å². The number of carbonyl (C=O) groups excluding carboxylic acids is 1. The summed E-state index contributed by atoms with van der Waals surface area (Å²) in [7, 11) is 0. The number of rotatable bonds is 10.